The molecule has 0 unspecified atom stereocenters. The third kappa shape index (κ3) is 3.80. The molecule has 1 aliphatic carbocycles. The van der Waals surface area contributed by atoms with E-state index in [4.69, 9.17) is 16.6 Å². The second-order valence-electron chi connectivity index (χ2n) is 7.17. The fraction of sp³-hybridized carbons (Fsp3) is 0.273. The summed E-state index contributed by atoms with van der Waals surface area (Å²) in [5.41, 5.74) is 1.86. The van der Waals surface area contributed by atoms with Crippen LogP contribution in [0.5, 0.6) is 0 Å². The molecular weight excluding hydrogens is 377 g/mol. The highest BCUT2D eigenvalue weighted by Gasteiger charge is 2.26. The van der Waals surface area contributed by atoms with Crippen molar-refractivity contribution < 1.29 is 9.18 Å². The number of carbonyl (C=O) groups excluding carboxylic acids is 1. The number of hydrogen-bond acceptors (Lipinski definition) is 2. The number of imidazole rings is 1. The molecule has 0 N–H and O–H groups in total. The Morgan fingerprint density at radius 2 is 2.11 bits per heavy atom. The summed E-state index contributed by atoms with van der Waals surface area (Å²) < 4.78 is 16.3. The van der Waals surface area contributed by atoms with Gasteiger partial charge in [-0.1, -0.05) is 29.8 Å². The lowest BCUT2D eigenvalue weighted by molar-refractivity contribution is 0.0752. The summed E-state index contributed by atoms with van der Waals surface area (Å²) in [7, 11) is 0. The molecule has 0 atom stereocenters. The van der Waals surface area contributed by atoms with E-state index in [1.165, 1.54) is 25.0 Å². The van der Waals surface area contributed by atoms with Crippen LogP contribution in [0.2, 0.25) is 5.02 Å². The van der Waals surface area contributed by atoms with E-state index in [1.807, 2.05) is 18.2 Å². The molecule has 4 rings (SSSR count). The van der Waals surface area contributed by atoms with E-state index in [0.717, 1.165) is 23.4 Å². The van der Waals surface area contributed by atoms with Crippen molar-refractivity contribution >= 4 is 28.5 Å². The van der Waals surface area contributed by atoms with Crippen molar-refractivity contribution in [2.75, 3.05) is 6.54 Å². The molecule has 28 heavy (non-hydrogen) atoms. The molecule has 0 bridgehead atoms. The highest BCUT2D eigenvalue weighted by molar-refractivity contribution is 6.31. The topological polar surface area (TPSA) is 38.1 Å². The van der Waals surface area contributed by atoms with Gasteiger partial charge in [0.2, 0.25) is 0 Å². The SMILES string of the molecule is C=CCN(Cc1nc2ccc(Cl)cc2n1CC1CC1)C(=O)c1ccccc1F. The van der Waals surface area contributed by atoms with Crippen LogP contribution in [0.3, 0.4) is 0 Å². The van der Waals surface area contributed by atoms with Crippen molar-refractivity contribution in [2.45, 2.75) is 25.9 Å². The zero-order valence-electron chi connectivity index (χ0n) is 15.4. The molecule has 0 saturated heterocycles. The lowest BCUT2D eigenvalue weighted by atomic mass is 10.2. The third-order valence-corrected chi connectivity index (χ3v) is 5.24. The standard InChI is InChI=1S/C22H21ClFN3O/c1-2-11-26(22(28)17-5-3-4-6-18(17)24)14-21-25-19-10-9-16(23)12-20(19)27(21)13-15-7-8-15/h2-6,9-10,12,15H,1,7-8,11,13-14H2. The van der Waals surface area contributed by atoms with E-state index in [9.17, 15) is 9.18 Å². The molecule has 1 aromatic heterocycles. The summed E-state index contributed by atoms with van der Waals surface area (Å²) in [6.07, 6.45) is 4.04. The monoisotopic (exact) mass is 397 g/mol. The summed E-state index contributed by atoms with van der Waals surface area (Å²) >= 11 is 6.19. The average Bonchev–Trinajstić information content (AvgIpc) is 3.44. The maximum atomic E-state index is 14.1. The van der Waals surface area contributed by atoms with Crippen LogP contribution in [-0.2, 0) is 13.1 Å². The molecule has 6 heteroatoms. The number of nitrogens with zero attached hydrogens (tertiary/aromatic N) is 3. The Balaban J connectivity index is 1.70. The minimum absolute atomic E-state index is 0.0530. The van der Waals surface area contributed by atoms with Crippen LogP contribution in [0.15, 0.2) is 55.1 Å². The van der Waals surface area contributed by atoms with Crippen molar-refractivity contribution in [3.63, 3.8) is 0 Å². The minimum atomic E-state index is -0.528. The van der Waals surface area contributed by atoms with Gasteiger partial charge in [-0.25, -0.2) is 9.37 Å². The first kappa shape index (κ1) is 18.7. The van der Waals surface area contributed by atoms with Gasteiger partial charge in [0.1, 0.15) is 11.6 Å². The summed E-state index contributed by atoms with van der Waals surface area (Å²) in [6, 6.07) is 11.6. The first-order valence-corrected chi connectivity index (χ1v) is 9.74. The second kappa shape index (κ2) is 7.76. The second-order valence-corrected chi connectivity index (χ2v) is 7.61. The van der Waals surface area contributed by atoms with Gasteiger partial charge < -0.3 is 9.47 Å². The van der Waals surface area contributed by atoms with Crippen LogP contribution >= 0.6 is 11.6 Å². The van der Waals surface area contributed by atoms with Crippen molar-refractivity contribution in [2.24, 2.45) is 5.92 Å². The van der Waals surface area contributed by atoms with Crippen LogP contribution < -0.4 is 0 Å². The van der Waals surface area contributed by atoms with E-state index in [2.05, 4.69) is 11.1 Å². The van der Waals surface area contributed by atoms with Gasteiger partial charge in [-0.15, -0.1) is 6.58 Å². The lowest BCUT2D eigenvalue weighted by Gasteiger charge is -2.22. The fourth-order valence-corrected chi connectivity index (χ4v) is 3.55. The number of hydrogen-bond donors (Lipinski definition) is 0. The summed E-state index contributed by atoms with van der Waals surface area (Å²) in [5.74, 6) is 0.502. The van der Waals surface area contributed by atoms with Crippen LogP contribution in [0.25, 0.3) is 11.0 Å². The van der Waals surface area contributed by atoms with Crippen molar-refractivity contribution in [3.05, 3.63) is 77.3 Å². The number of halogens is 2. The van der Waals surface area contributed by atoms with Gasteiger partial charge in [-0.2, -0.15) is 0 Å². The molecule has 2 aromatic carbocycles. The average molecular weight is 398 g/mol. The molecule has 4 nitrogen and oxygen atoms in total. The molecule has 0 radical (unpaired) electrons. The number of carbonyl (C=O) groups is 1. The Labute approximate surface area is 168 Å². The molecule has 1 aliphatic rings. The summed E-state index contributed by atoms with van der Waals surface area (Å²) in [5, 5.41) is 0.654. The van der Waals surface area contributed by atoms with Crippen molar-refractivity contribution in [3.8, 4) is 0 Å². The molecule has 1 saturated carbocycles. The van der Waals surface area contributed by atoms with E-state index in [1.54, 1.807) is 23.1 Å². The summed E-state index contributed by atoms with van der Waals surface area (Å²) in [4.78, 5) is 19.3. The third-order valence-electron chi connectivity index (χ3n) is 5.00. The van der Waals surface area contributed by atoms with E-state index < -0.39 is 5.82 Å². The Morgan fingerprint density at radius 3 is 2.82 bits per heavy atom. The normalized spacial score (nSPS) is 13.6. The first-order valence-electron chi connectivity index (χ1n) is 9.36. The van der Waals surface area contributed by atoms with Gasteiger partial charge >= 0.3 is 0 Å². The van der Waals surface area contributed by atoms with Crippen molar-refractivity contribution in [1.82, 2.24) is 14.5 Å². The van der Waals surface area contributed by atoms with Crippen molar-refractivity contribution in [1.29, 1.82) is 0 Å². The number of fused-ring (bicyclic) bond motifs is 1. The van der Waals surface area contributed by atoms with Gasteiger partial charge in [-0.3, -0.25) is 4.79 Å². The number of amides is 1. The Bertz CT molecular complexity index is 1040. The van der Waals surface area contributed by atoms with E-state index >= 15 is 0 Å². The number of rotatable bonds is 7. The molecule has 1 fully saturated rings. The smallest absolute Gasteiger partial charge is 0.257 e. The first-order chi connectivity index (χ1) is 13.6. The summed E-state index contributed by atoms with van der Waals surface area (Å²) in [6.45, 7) is 5.17. The highest BCUT2D eigenvalue weighted by Crippen LogP contribution is 2.33. The van der Waals surface area contributed by atoms with Crippen LogP contribution in [0.4, 0.5) is 4.39 Å². The minimum Gasteiger partial charge on any atom is -0.327 e. The van der Waals surface area contributed by atoms with Gasteiger partial charge in [-0.05, 0) is 49.1 Å². The van der Waals surface area contributed by atoms with E-state index in [-0.39, 0.29) is 18.0 Å². The maximum Gasteiger partial charge on any atom is 0.257 e. The zero-order valence-corrected chi connectivity index (χ0v) is 16.2. The molecule has 1 heterocycles. The largest absolute Gasteiger partial charge is 0.327 e. The van der Waals surface area contributed by atoms with Gasteiger partial charge in [0.15, 0.2) is 0 Å². The molecule has 144 valence electrons. The quantitative estimate of drug-likeness (QED) is 0.522. The molecule has 1 amide bonds. The molecule has 0 aliphatic heterocycles. The molecule has 3 aromatic rings. The van der Waals surface area contributed by atoms with Gasteiger partial charge in [0.05, 0.1) is 23.1 Å². The fourth-order valence-electron chi connectivity index (χ4n) is 3.38. The molecular formula is C22H21ClFN3O. The zero-order chi connectivity index (χ0) is 19.7. The van der Waals surface area contributed by atoms with Crippen LogP contribution in [-0.4, -0.2) is 26.9 Å². The van der Waals surface area contributed by atoms with Crippen LogP contribution in [0.1, 0.15) is 29.0 Å². The van der Waals surface area contributed by atoms with Gasteiger partial charge in [0.25, 0.3) is 5.91 Å². The molecule has 0 spiro atoms. The van der Waals surface area contributed by atoms with E-state index in [0.29, 0.717) is 17.5 Å². The Hall–Kier alpha value is -2.66. The number of benzene rings is 2. The Kier molecular flexibility index (Phi) is 5.18. The number of aromatic nitrogens is 2. The van der Waals surface area contributed by atoms with Gasteiger partial charge in [0, 0.05) is 18.1 Å². The maximum absolute atomic E-state index is 14.1. The van der Waals surface area contributed by atoms with Crippen LogP contribution in [0, 0.1) is 11.7 Å². The Morgan fingerprint density at radius 1 is 1.32 bits per heavy atom. The predicted octanol–water partition coefficient (Wildman–Crippen LogP) is 5.07. The lowest BCUT2D eigenvalue weighted by Crippen LogP contribution is -2.32. The highest BCUT2D eigenvalue weighted by atomic mass is 35.5. The predicted molar refractivity (Wildman–Crippen MR) is 109 cm³/mol.